The lowest BCUT2D eigenvalue weighted by Crippen LogP contribution is -2.30. The summed E-state index contributed by atoms with van der Waals surface area (Å²) in [6.07, 6.45) is 0. The van der Waals surface area contributed by atoms with E-state index in [0.29, 0.717) is 0 Å². The molecule has 0 aliphatic rings. The molecule has 0 spiro atoms. The summed E-state index contributed by atoms with van der Waals surface area (Å²) >= 11 is 0. The largest absolute Gasteiger partial charge is 0.478 e. The van der Waals surface area contributed by atoms with E-state index in [1.54, 1.807) is 13.8 Å². The second-order valence-electron chi connectivity index (χ2n) is 3.83. The van der Waals surface area contributed by atoms with Gasteiger partial charge in [0.2, 0.25) is 10.0 Å². The number of nitrogen functional groups attached to an aromatic ring is 1. The van der Waals surface area contributed by atoms with Crippen LogP contribution in [0, 0.1) is 0 Å². The van der Waals surface area contributed by atoms with E-state index in [-0.39, 0.29) is 22.2 Å². The third-order valence-electron chi connectivity index (χ3n) is 1.94. The molecule has 0 aromatic heterocycles. The first-order valence-corrected chi connectivity index (χ1v) is 6.37. The Morgan fingerprint density at radius 3 is 2.41 bits per heavy atom. The van der Waals surface area contributed by atoms with E-state index in [0.717, 1.165) is 6.07 Å². The van der Waals surface area contributed by atoms with E-state index in [9.17, 15) is 13.2 Å². The van der Waals surface area contributed by atoms with Gasteiger partial charge in [-0.25, -0.2) is 17.9 Å². The Morgan fingerprint density at radius 1 is 1.41 bits per heavy atom. The van der Waals surface area contributed by atoms with Crippen LogP contribution in [0.2, 0.25) is 0 Å². The van der Waals surface area contributed by atoms with Crippen LogP contribution in [0.1, 0.15) is 24.2 Å². The van der Waals surface area contributed by atoms with Gasteiger partial charge in [0.25, 0.3) is 0 Å². The average molecular weight is 258 g/mol. The summed E-state index contributed by atoms with van der Waals surface area (Å²) < 4.78 is 26.0. The van der Waals surface area contributed by atoms with E-state index < -0.39 is 16.0 Å². The predicted molar refractivity (Wildman–Crippen MR) is 63.3 cm³/mol. The van der Waals surface area contributed by atoms with Gasteiger partial charge < -0.3 is 10.8 Å². The van der Waals surface area contributed by atoms with Gasteiger partial charge in [0.1, 0.15) is 4.90 Å². The number of nitrogens with two attached hydrogens (primary N) is 1. The fourth-order valence-corrected chi connectivity index (χ4v) is 2.66. The van der Waals surface area contributed by atoms with Gasteiger partial charge in [0, 0.05) is 6.04 Å². The molecule has 0 radical (unpaired) electrons. The molecule has 94 valence electrons. The van der Waals surface area contributed by atoms with Crippen molar-refractivity contribution >= 4 is 21.7 Å². The Bertz CT molecular complexity index is 537. The minimum Gasteiger partial charge on any atom is -0.478 e. The van der Waals surface area contributed by atoms with Crippen LogP contribution in [-0.4, -0.2) is 25.5 Å². The molecule has 6 nitrogen and oxygen atoms in total. The van der Waals surface area contributed by atoms with Crippen LogP contribution < -0.4 is 10.5 Å². The number of aromatic carboxylic acids is 1. The first-order chi connectivity index (χ1) is 7.74. The predicted octanol–water partition coefficient (Wildman–Crippen LogP) is 0.654. The molecule has 0 amide bonds. The van der Waals surface area contributed by atoms with E-state index >= 15 is 0 Å². The summed E-state index contributed by atoms with van der Waals surface area (Å²) in [5.41, 5.74) is 5.40. The average Bonchev–Trinajstić information content (AvgIpc) is 2.14. The Labute approximate surface area is 99.5 Å². The first-order valence-electron chi connectivity index (χ1n) is 4.89. The Morgan fingerprint density at radius 2 is 2.00 bits per heavy atom. The minimum absolute atomic E-state index is 0.0500. The second-order valence-corrected chi connectivity index (χ2v) is 5.52. The molecule has 0 unspecified atom stereocenters. The fourth-order valence-electron chi connectivity index (χ4n) is 1.30. The van der Waals surface area contributed by atoms with Gasteiger partial charge in [-0.15, -0.1) is 0 Å². The van der Waals surface area contributed by atoms with Crippen LogP contribution in [0.15, 0.2) is 23.1 Å². The fraction of sp³-hybridized carbons (Fsp3) is 0.300. The van der Waals surface area contributed by atoms with Crippen LogP contribution in [0.25, 0.3) is 0 Å². The lowest BCUT2D eigenvalue weighted by atomic mass is 10.2. The van der Waals surface area contributed by atoms with Crippen molar-refractivity contribution in [1.29, 1.82) is 0 Å². The number of carbonyl (C=O) groups is 1. The normalized spacial score (nSPS) is 11.7. The van der Waals surface area contributed by atoms with Crippen molar-refractivity contribution in [1.82, 2.24) is 4.72 Å². The van der Waals surface area contributed by atoms with Gasteiger partial charge in [-0.3, -0.25) is 0 Å². The highest BCUT2D eigenvalue weighted by atomic mass is 32.2. The smallest absolute Gasteiger partial charge is 0.335 e. The number of carboxylic acid groups (broad SMARTS) is 1. The zero-order chi connectivity index (χ0) is 13.2. The minimum atomic E-state index is -3.70. The molecule has 0 saturated carbocycles. The van der Waals surface area contributed by atoms with Crippen LogP contribution in [0.5, 0.6) is 0 Å². The lowest BCUT2D eigenvalue weighted by molar-refractivity contribution is 0.0697. The molecule has 1 rings (SSSR count). The maximum absolute atomic E-state index is 11.8. The molecule has 0 aliphatic carbocycles. The molecule has 0 fully saturated rings. The van der Waals surface area contributed by atoms with E-state index in [1.165, 1.54) is 12.1 Å². The zero-order valence-electron chi connectivity index (χ0n) is 9.47. The van der Waals surface area contributed by atoms with Crippen LogP contribution >= 0.6 is 0 Å². The van der Waals surface area contributed by atoms with Crippen molar-refractivity contribution < 1.29 is 18.3 Å². The third-order valence-corrected chi connectivity index (χ3v) is 3.67. The molecule has 0 bridgehead atoms. The topological polar surface area (TPSA) is 109 Å². The standard InChI is InChI=1S/C10H14N2O4S/c1-6(2)12-17(15,16)9-4-3-7(10(13)14)5-8(9)11/h3-6,12H,11H2,1-2H3,(H,13,14). The highest BCUT2D eigenvalue weighted by molar-refractivity contribution is 7.89. The third kappa shape index (κ3) is 3.18. The van der Waals surface area contributed by atoms with Crippen LogP contribution in [0.4, 0.5) is 5.69 Å². The number of anilines is 1. The maximum atomic E-state index is 11.8. The van der Waals surface area contributed by atoms with Crippen molar-refractivity contribution in [2.24, 2.45) is 0 Å². The Balaban J connectivity index is 3.21. The van der Waals surface area contributed by atoms with Crippen molar-refractivity contribution in [3.63, 3.8) is 0 Å². The number of rotatable bonds is 4. The highest BCUT2D eigenvalue weighted by Crippen LogP contribution is 2.19. The maximum Gasteiger partial charge on any atom is 0.335 e. The van der Waals surface area contributed by atoms with Crippen molar-refractivity contribution in [2.45, 2.75) is 24.8 Å². The van der Waals surface area contributed by atoms with Crippen LogP contribution in [0.3, 0.4) is 0 Å². The van der Waals surface area contributed by atoms with Crippen molar-refractivity contribution in [3.8, 4) is 0 Å². The van der Waals surface area contributed by atoms with Crippen molar-refractivity contribution in [3.05, 3.63) is 23.8 Å². The van der Waals surface area contributed by atoms with Gasteiger partial charge in [0.15, 0.2) is 0 Å². The van der Waals surface area contributed by atoms with Crippen molar-refractivity contribution in [2.75, 3.05) is 5.73 Å². The van der Waals surface area contributed by atoms with Gasteiger partial charge in [-0.05, 0) is 32.0 Å². The summed E-state index contributed by atoms with van der Waals surface area (Å²) in [4.78, 5) is 10.6. The van der Waals surface area contributed by atoms with Gasteiger partial charge >= 0.3 is 5.97 Å². The second kappa shape index (κ2) is 4.72. The monoisotopic (exact) mass is 258 g/mol. The van der Waals surface area contributed by atoms with E-state index in [1.807, 2.05) is 0 Å². The summed E-state index contributed by atoms with van der Waals surface area (Å²) in [6.45, 7) is 3.36. The van der Waals surface area contributed by atoms with Gasteiger partial charge in [0.05, 0.1) is 11.3 Å². The molecule has 17 heavy (non-hydrogen) atoms. The molecule has 0 heterocycles. The molecule has 0 saturated heterocycles. The number of carboxylic acids is 1. The Kier molecular flexibility index (Phi) is 3.74. The molecule has 0 aliphatic heterocycles. The molecular weight excluding hydrogens is 244 g/mol. The molecular formula is C10H14N2O4S. The molecule has 4 N–H and O–H groups in total. The van der Waals surface area contributed by atoms with E-state index in [2.05, 4.69) is 4.72 Å². The number of hydrogen-bond donors (Lipinski definition) is 3. The van der Waals surface area contributed by atoms with E-state index in [4.69, 9.17) is 10.8 Å². The SMILES string of the molecule is CC(C)NS(=O)(=O)c1ccc(C(=O)O)cc1N. The number of hydrogen-bond acceptors (Lipinski definition) is 4. The summed E-state index contributed by atoms with van der Waals surface area (Å²) in [5, 5.41) is 8.73. The molecule has 1 aromatic carbocycles. The van der Waals surface area contributed by atoms with Gasteiger partial charge in [-0.2, -0.15) is 0 Å². The highest BCUT2D eigenvalue weighted by Gasteiger charge is 2.19. The first kappa shape index (κ1) is 13.5. The molecule has 0 atom stereocenters. The van der Waals surface area contributed by atoms with Crippen LogP contribution in [-0.2, 0) is 10.0 Å². The lowest BCUT2D eigenvalue weighted by Gasteiger charge is -2.11. The quantitative estimate of drug-likeness (QED) is 0.687. The summed E-state index contributed by atoms with van der Waals surface area (Å²) in [7, 11) is -3.70. The summed E-state index contributed by atoms with van der Waals surface area (Å²) in [5.74, 6) is -1.16. The van der Waals surface area contributed by atoms with Gasteiger partial charge in [-0.1, -0.05) is 0 Å². The number of nitrogens with one attached hydrogen (secondary N) is 1. The molecule has 1 aromatic rings. The number of benzene rings is 1. The Hall–Kier alpha value is -1.60. The summed E-state index contributed by atoms with van der Waals surface area (Å²) in [6, 6.07) is 3.24. The number of sulfonamides is 1. The zero-order valence-corrected chi connectivity index (χ0v) is 10.3. The molecule has 7 heteroatoms.